The lowest BCUT2D eigenvalue weighted by Crippen LogP contribution is -2.06. The van der Waals surface area contributed by atoms with E-state index in [1.807, 2.05) is 60.7 Å². The zero-order valence-corrected chi connectivity index (χ0v) is 18.1. The van der Waals surface area contributed by atoms with Gasteiger partial charge in [-0.1, -0.05) is 78.6 Å². The van der Waals surface area contributed by atoms with E-state index in [-0.39, 0.29) is 12.4 Å². The van der Waals surface area contributed by atoms with E-state index in [1.165, 1.54) is 7.11 Å². The standard InChI is InChI=1S/C25H22ClNO4/c1-3-9-18-24-19(23(27-31-24)16-10-5-4-6-11-16)15-20(26)25(18)30-21-13-8-7-12-17(21)14-22(28)29-2/h4-8,10-13,15H,3,9,14H2,1-2H3. The molecule has 0 fully saturated rings. The molecule has 0 unspecified atom stereocenters. The lowest BCUT2D eigenvalue weighted by Gasteiger charge is -2.15. The first-order chi connectivity index (χ1) is 15.1. The first kappa shape index (κ1) is 20.9. The second-order valence-corrected chi connectivity index (χ2v) is 7.56. The number of nitrogens with zero attached hydrogens (tertiary/aromatic N) is 1. The lowest BCUT2D eigenvalue weighted by molar-refractivity contribution is -0.139. The Kier molecular flexibility index (Phi) is 6.23. The predicted molar refractivity (Wildman–Crippen MR) is 121 cm³/mol. The minimum Gasteiger partial charge on any atom is -0.469 e. The number of hydrogen-bond acceptors (Lipinski definition) is 5. The first-order valence-electron chi connectivity index (χ1n) is 10.1. The maximum atomic E-state index is 11.8. The van der Waals surface area contributed by atoms with Crippen LogP contribution in [0.2, 0.25) is 5.02 Å². The molecule has 0 aliphatic heterocycles. The third kappa shape index (κ3) is 4.28. The Morgan fingerprint density at radius 3 is 2.58 bits per heavy atom. The maximum Gasteiger partial charge on any atom is 0.310 e. The summed E-state index contributed by atoms with van der Waals surface area (Å²) in [6.07, 6.45) is 1.68. The zero-order chi connectivity index (χ0) is 21.8. The van der Waals surface area contributed by atoms with E-state index in [0.717, 1.165) is 34.2 Å². The van der Waals surface area contributed by atoms with Crippen LogP contribution >= 0.6 is 11.6 Å². The van der Waals surface area contributed by atoms with E-state index in [0.29, 0.717) is 28.5 Å². The molecule has 4 rings (SSSR count). The maximum absolute atomic E-state index is 11.8. The Morgan fingerprint density at radius 2 is 1.84 bits per heavy atom. The molecule has 0 aliphatic rings. The summed E-state index contributed by atoms with van der Waals surface area (Å²) < 4.78 is 16.8. The number of ether oxygens (including phenoxy) is 2. The van der Waals surface area contributed by atoms with Crippen LogP contribution in [0.4, 0.5) is 0 Å². The molecule has 0 aliphatic carbocycles. The molecular formula is C25H22ClNO4. The average molecular weight is 436 g/mol. The largest absolute Gasteiger partial charge is 0.469 e. The van der Waals surface area contributed by atoms with Gasteiger partial charge < -0.3 is 14.0 Å². The van der Waals surface area contributed by atoms with Gasteiger partial charge in [-0.3, -0.25) is 4.79 Å². The number of para-hydroxylation sites is 1. The van der Waals surface area contributed by atoms with Crippen LogP contribution in [-0.4, -0.2) is 18.2 Å². The first-order valence-corrected chi connectivity index (χ1v) is 10.5. The number of hydrogen-bond donors (Lipinski definition) is 0. The summed E-state index contributed by atoms with van der Waals surface area (Å²) in [5.74, 6) is 0.729. The molecule has 0 spiro atoms. The summed E-state index contributed by atoms with van der Waals surface area (Å²) in [7, 11) is 1.37. The summed E-state index contributed by atoms with van der Waals surface area (Å²) in [6, 6.07) is 19.0. The molecule has 1 heterocycles. The number of fused-ring (bicyclic) bond motifs is 1. The zero-order valence-electron chi connectivity index (χ0n) is 17.4. The molecule has 1 aromatic heterocycles. The van der Waals surface area contributed by atoms with Gasteiger partial charge in [0.05, 0.1) is 23.9 Å². The molecule has 0 atom stereocenters. The van der Waals surface area contributed by atoms with Crippen molar-refractivity contribution < 1.29 is 18.8 Å². The smallest absolute Gasteiger partial charge is 0.310 e. The normalized spacial score (nSPS) is 10.9. The second kappa shape index (κ2) is 9.23. The number of aryl methyl sites for hydroxylation is 1. The Hall–Kier alpha value is -3.31. The molecule has 158 valence electrons. The fourth-order valence-electron chi connectivity index (χ4n) is 3.57. The van der Waals surface area contributed by atoms with E-state index in [2.05, 4.69) is 12.1 Å². The number of rotatable bonds is 7. The van der Waals surface area contributed by atoms with Gasteiger partial charge in [-0.05, 0) is 18.6 Å². The van der Waals surface area contributed by atoms with Crippen molar-refractivity contribution in [3.8, 4) is 22.8 Å². The summed E-state index contributed by atoms with van der Waals surface area (Å²) in [6.45, 7) is 2.08. The summed E-state index contributed by atoms with van der Waals surface area (Å²) in [4.78, 5) is 11.8. The third-order valence-corrected chi connectivity index (χ3v) is 5.34. The highest BCUT2D eigenvalue weighted by molar-refractivity contribution is 6.33. The molecule has 4 aromatic rings. The highest BCUT2D eigenvalue weighted by atomic mass is 35.5. The molecule has 0 amide bonds. The van der Waals surface area contributed by atoms with Crippen LogP contribution in [0.1, 0.15) is 24.5 Å². The fraction of sp³-hybridized carbons (Fsp3) is 0.200. The van der Waals surface area contributed by atoms with Crippen LogP contribution < -0.4 is 4.74 Å². The van der Waals surface area contributed by atoms with Gasteiger partial charge in [-0.2, -0.15) is 0 Å². The van der Waals surface area contributed by atoms with E-state index in [1.54, 1.807) is 0 Å². The van der Waals surface area contributed by atoms with Crippen molar-refractivity contribution in [2.24, 2.45) is 0 Å². The molecule has 0 N–H and O–H groups in total. The van der Waals surface area contributed by atoms with Crippen LogP contribution in [0.25, 0.3) is 22.2 Å². The average Bonchev–Trinajstić information content (AvgIpc) is 3.21. The summed E-state index contributed by atoms with van der Waals surface area (Å²) in [5.41, 5.74) is 3.93. The highest BCUT2D eigenvalue weighted by Gasteiger charge is 2.22. The summed E-state index contributed by atoms with van der Waals surface area (Å²) >= 11 is 6.71. The monoisotopic (exact) mass is 435 g/mol. The lowest BCUT2D eigenvalue weighted by atomic mass is 10.0. The van der Waals surface area contributed by atoms with Crippen LogP contribution in [0.15, 0.2) is 65.2 Å². The van der Waals surface area contributed by atoms with E-state index < -0.39 is 0 Å². The Balaban J connectivity index is 1.82. The van der Waals surface area contributed by atoms with Crippen molar-refractivity contribution in [1.82, 2.24) is 5.16 Å². The number of carbonyl (C=O) groups is 1. The van der Waals surface area contributed by atoms with Crippen molar-refractivity contribution in [2.75, 3.05) is 7.11 Å². The molecule has 3 aromatic carbocycles. The summed E-state index contributed by atoms with van der Waals surface area (Å²) in [5, 5.41) is 5.62. The molecule has 0 saturated heterocycles. The molecular weight excluding hydrogens is 414 g/mol. The van der Waals surface area contributed by atoms with E-state index in [9.17, 15) is 4.79 Å². The van der Waals surface area contributed by atoms with Gasteiger partial charge in [-0.15, -0.1) is 0 Å². The van der Waals surface area contributed by atoms with Crippen molar-refractivity contribution in [1.29, 1.82) is 0 Å². The number of methoxy groups -OCH3 is 1. The number of esters is 1. The van der Waals surface area contributed by atoms with Crippen molar-refractivity contribution in [2.45, 2.75) is 26.2 Å². The Morgan fingerprint density at radius 1 is 1.10 bits per heavy atom. The SMILES string of the molecule is CCCc1c(Oc2ccccc2CC(=O)OC)c(Cl)cc2c(-c3ccccc3)noc12. The van der Waals surface area contributed by atoms with Crippen molar-refractivity contribution in [3.63, 3.8) is 0 Å². The van der Waals surface area contributed by atoms with Crippen LogP contribution in [0, 0.1) is 0 Å². The number of aromatic nitrogens is 1. The van der Waals surface area contributed by atoms with Crippen molar-refractivity contribution in [3.05, 3.63) is 76.8 Å². The topological polar surface area (TPSA) is 61.6 Å². The molecule has 0 bridgehead atoms. The van der Waals surface area contributed by atoms with Gasteiger partial charge in [-0.25, -0.2) is 0 Å². The molecule has 0 radical (unpaired) electrons. The number of halogens is 1. The van der Waals surface area contributed by atoms with E-state index >= 15 is 0 Å². The van der Waals surface area contributed by atoms with Crippen molar-refractivity contribution >= 4 is 28.5 Å². The number of carbonyl (C=O) groups excluding carboxylic acids is 1. The minimum atomic E-state index is -0.339. The predicted octanol–water partition coefficient (Wildman–Crippen LogP) is 6.61. The number of benzene rings is 3. The third-order valence-electron chi connectivity index (χ3n) is 5.06. The quantitative estimate of drug-likeness (QED) is 0.306. The highest BCUT2D eigenvalue weighted by Crippen LogP contribution is 2.42. The Labute approximate surface area is 185 Å². The van der Waals surface area contributed by atoms with Gasteiger partial charge in [0.1, 0.15) is 11.4 Å². The molecule has 31 heavy (non-hydrogen) atoms. The van der Waals surface area contributed by atoms with Gasteiger partial charge in [0.2, 0.25) is 0 Å². The minimum absolute atomic E-state index is 0.107. The van der Waals surface area contributed by atoms with Crippen LogP contribution in [0.3, 0.4) is 0 Å². The van der Waals surface area contributed by atoms with Gasteiger partial charge in [0.15, 0.2) is 11.3 Å². The van der Waals surface area contributed by atoms with Gasteiger partial charge in [0.25, 0.3) is 0 Å². The molecule has 5 nitrogen and oxygen atoms in total. The second-order valence-electron chi connectivity index (χ2n) is 7.15. The van der Waals surface area contributed by atoms with Crippen LogP contribution in [-0.2, 0) is 22.4 Å². The van der Waals surface area contributed by atoms with Crippen LogP contribution in [0.5, 0.6) is 11.5 Å². The Bertz CT molecular complexity index is 1220. The fourth-order valence-corrected chi connectivity index (χ4v) is 3.83. The van der Waals surface area contributed by atoms with E-state index in [4.69, 9.17) is 25.6 Å². The molecule has 0 saturated carbocycles. The van der Waals surface area contributed by atoms with Gasteiger partial charge in [0, 0.05) is 16.7 Å². The molecule has 6 heteroatoms. The van der Waals surface area contributed by atoms with Gasteiger partial charge >= 0.3 is 5.97 Å².